The van der Waals surface area contributed by atoms with Gasteiger partial charge in [-0.25, -0.2) is 5.01 Å². The Morgan fingerprint density at radius 2 is 1.85 bits per heavy atom. The molecule has 0 bridgehead atoms. The van der Waals surface area contributed by atoms with Crippen LogP contribution in [0.5, 0.6) is 0 Å². The molecule has 0 unspecified atom stereocenters. The van der Waals surface area contributed by atoms with E-state index in [-0.39, 0.29) is 5.57 Å². The number of carbonyl (C=O) groups is 2. The Balaban J connectivity index is 1.86. The Labute approximate surface area is 157 Å². The standard InChI is InChI=1S/C20H20ClN3O2/c1-4-23(3)15-9-6-14(7-10-15)11-17-19(25)22-24(20(17)26)16-8-5-13(2)18(21)12-16/h5-12H,4H2,1-3H3,(H,22,25)/b17-11+. The lowest BCUT2D eigenvalue weighted by atomic mass is 10.1. The van der Waals surface area contributed by atoms with E-state index < -0.39 is 11.8 Å². The van der Waals surface area contributed by atoms with Crippen LogP contribution < -0.4 is 15.3 Å². The fraction of sp³-hybridized carbons (Fsp3) is 0.200. The summed E-state index contributed by atoms with van der Waals surface area (Å²) in [5.74, 6) is -0.828. The molecule has 5 nitrogen and oxygen atoms in total. The maximum absolute atomic E-state index is 12.7. The van der Waals surface area contributed by atoms with Gasteiger partial charge in [0, 0.05) is 24.3 Å². The molecule has 1 fully saturated rings. The summed E-state index contributed by atoms with van der Waals surface area (Å²) in [4.78, 5) is 27.0. The van der Waals surface area contributed by atoms with Gasteiger partial charge in [-0.1, -0.05) is 29.8 Å². The van der Waals surface area contributed by atoms with Crippen molar-refractivity contribution in [1.29, 1.82) is 0 Å². The maximum Gasteiger partial charge on any atom is 0.282 e. The number of amides is 2. The summed E-state index contributed by atoms with van der Waals surface area (Å²) in [6.07, 6.45) is 1.60. The highest BCUT2D eigenvalue weighted by molar-refractivity contribution is 6.33. The summed E-state index contributed by atoms with van der Waals surface area (Å²) >= 11 is 6.13. The number of hydrazine groups is 1. The van der Waals surface area contributed by atoms with Gasteiger partial charge in [-0.15, -0.1) is 0 Å². The molecule has 2 aromatic rings. The molecule has 1 aliphatic rings. The van der Waals surface area contributed by atoms with Gasteiger partial charge in [0.2, 0.25) is 0 Å². The molecule has 1 saturated heterocycles. The molecule has 134 valence electrons. The first-order valence-corrected chi connectivity index (χ1v) is 8.73. The van der Waals surface area contributed by atoms with Gasteiger partial charge in [0.05, 0.1) is 5.69 Å². The van der Waals surface area contributed by atoms with Crippen LogP contribution in [-0.4, -0.2) is 25.4 Å². The zero-order chi connectivity index (χ0) is 18.8. The van der Waals surface area contributed by atoms with Crippen molar-refractivity contribution in [2.45, 2.75) is 13.8 Å². The molecule has 0 atom stereocenters. The van der Waals surface area contributed by atoms with Gasteiger partial charge in [0.25, 0.3) is 11.8 Å². The first kappa shape index (κ1) is 18.0. The number of nitrogens with zero attached hydrogens (tertiary/aromatic N) is 2. The zero-order valence-corrected chi connectivity index (χ0v) is 15.7. The molecule has 3 rings (SSSR count). The van der Waals surface area contributed by atoms with E-state index in [1.807, 2.05) is 44.3 Å². The number of carbonyl (C=O) groups excluding carboxylic acids is 2. The number of halogens is 1. The smallest absolute Gasteiger partial charge is 0.282 e. The zero-order valence-electron chi connectivity index (χ0n) is 14.9. The summed E-state index contributed by atoms with van der Waals surface area (Å²) in [6.45, 7) is 4.85. The van der Waals surface area contributed by atoms with Gasteiger partial charge < -0.3 is 4.90 Å². The van der Waals surface area contributed by atoms with Gasteiger partial charge >= 0.3 is 0 Å². The predicted octanol–water partition coefficient (Wildman–Crippen LogP) is 3.57. The molecule has 1 N–H and O–H groups in total. The van der Waals surface area contributed by atoms with Gasteiger partial charge in [-0.2, -0.15) is 0 Å². The lowest BCUT2D eigenvalue weighted by Gasteiger charge is -2.16. The van der Waals surface area contributed by atoms with E-state index in [1.165, 1.54) is 5.01 Å². The molecule has 0 radical (unpaired) electrons. The molecule has 2 amide bonds. The normalized spacial score (nSPS) is 15.5. The minimum atomic E-state index is -0.429. The van der Waals surface area contributed by atoms with Gasteiger partial charge in [0.15, 0.2) is 0 Å². The Kier molecular flexibility index (Phi) is 5.00. The second-order valence-electron chi connectivity index (χ2n) is 6.18. The van der Waals surface area contributed by atoms with Crippen LogP contribution in [0.15, 0.2) is 48.0 Å². The van der Waals surface area contributed by atoms with Crippen LogP contribution in [0, 0.1) is 6.92 Å². The second kappa shape index (κ2) is 7.22. The third-order valence-electron chi connectivity index (χ3n) is 4.42. The van der Waals surface area contributed by atoms with Crippen molar-refractivity contribution < 1.29 is 9.59 Å². The Morgan fingerprint density at radius 3 is 2.46 bits per heavy atom. The average Bonchev–Trinajstić information content (AvgIpc) is 2.92. The van der Waals surface area contributed by atoms with Crippen LogP contribution in [-0.2, 0) is 9.59 Å². The van der Waals surface area contributed by atoms with Crippen LogP contribution >= 0.6 is 11.6 Å². The van der Waals surface area contributed by atoms with Crippen LogP contribution in [0.1, 0.15) is 18.1 Å². The van der Waals surface area contributed by atoms with Crippen LogP contribution in [0.25, 0.3) is 6.08 Å². The van der Waals surface area contributed by atoms with E-state index in [0.29, 0.717) is 10.7 Å². The molecular weight excluding hydrogens is 350 g/mol. The first-order valence-electron chi connectivity index (χ1n) is 8.35. The van der Waals surface area contributed by atoms with E-state index in [2.05, 4.69) is 17.2 Å². The Morgan fingerprint density at radius 1 is 1.15 bits per heavy atom. The summed E-state index contributed by atoms with van der Waals surface area (Å²) in [5, 5.41) is 1.76. The molecule has 1 aliphatic heterocycles. The molecule has 0 spiro atoms. The van der Waals surface area contributed by atoms with Gasteiger partial charge in [0.1, 0.15) is 5.57 Å². The number of benzene rings is 2. The fourth-order valence-electron chi connectivity index (χ4n) is 2.63. The summed E-state index contributed by atoms with van der Waals surface area (Å²) in [6, 6.07) is 12.9. The minimum absolute atomic E-state index is 0.0956. The molecule has 1 heterocycles. The van der Waals surface area contributed by atoms with Crippen molar-refractivity contribution >= 4 is 40.9 Å². The van der Waals surface area contributed by atoms with Crippen molar-refractivity contribution in [3.63, 3.8) is 0 Å². The topological polar surface area (TPSA) is 52.7 Å². The number of anilines is 2. The monoisotopic (exact) mass is 369 g/mol. The van der Waals surface area contributed by atoms with E-state index in [4.69, 9.17) is 11.6 Å². The van der Waals surface area contributed by atoms with Gasteiger partial charge in [-0.3, -0.25) is 15.0 Å². The summed E-state index contributed by atoms with van der Waals surface area (Å²) < 4.78 is 0. The third kappa shape index (κ3) is 3.44. The molecule has 6 heteroatoms. The van der Waals surface area contributed by atoms with E-state index >= 15 is 0 Å². The van der Waals surface area contributed by atoms with Crippen molar-refractivity contribution in [3.05, 3.63) is 64.2 Å². The number of hydrogen-bond acceptors (Lipinski definition) is 3. The highest BCUT2D eigenvalue weighted by atomic mass is 35.5. The quantitative estimate of drug-likeness (QED) is 0.662. The summed E-state index contributed by atoms with van der Waals surface area (Å²) in [5.41, 5.74) is 5.98. The van der Waals surface area contributed by atoms with Crippen molar-refractivity contribution in [2.75, 3.05) is 23.5 Å². The van der Waals surface area contributed by atoms with Crippen molar-refractivity contribution in [2.24, 2.45) is 0 Å². The van der Waals surface area contributed by atoms with Crippen LogP contribution in [0.2, 0.25) is 5.02 Å². The molecular formula is C20H20ClN3O2. The van der Waals surface area contributed by atoms with Crippen molar-refractivity contribution in [1.82, 2.24) is 5.43 Å². The fourth-order valence-corrected chi connectivity index (χ4v) is 2.81. The lowest BCUT2D eigenvalue weighted by Crippen LogP contribution is -2.35. The van der Waals surface area contributed by atoms with E-state index in [0.717, 1.165) is 23.4 Å². The predicted molar refractivity (Wildman–Crippen MR) is 105 cm³/mol. The van der Waals surface area contributed by atoms with Crippen LogP contribution in [0.3, 0.4) is 0 Å². The molecule has 0 aromatic heterocycles. The Hall–Kier alpha value is -2.79. The number of aryl methyl sites for hydroxylation is 1. The van der Waals surface area contributed by atoms with E-state index in [9.17, 15) is 9.59 Å². The van der Waals surface area contributed by atoms with Gasteiger partial charge in [-0.05, 0) is 55.3 Å². The number of rotatable bonds is 4. The second-order valence-corrected chi connectivity index (χ2v) is 6.59. The SMILES string of the molecule is CCN(C)c1ccc(/C=C2\C(=O)NN(c3ccc(C)c(Cl)c3)C2=O)cc1. The largest absolute Gasteiger partial charge is 0.375 e. The average molecular weight is 370 g/mol. The number of hydrogen-bond donors (Lipinski definition) is 1. The minimum Gasteiger partial charge on any atom is -0.375 e. The van der Waals surface area contributed by atoms with Crippen LogP contribution in [0.4, 0.5) is 11.4 Å². The molecule has 0 aliphatic carbocycles. The maximum atomic E-state index is 12.7. The number of nitrogens with one attached hydrogen (secondary N) is 1. The highest BCUT2D eigenvalue weighted by Crippen LogP contribution is 2.26. The highest BCUT2D eigenvalue weighted by Gasteiger charge is 2.34. The van der Waals surface area contributed by atoms with E-state index in [1.54, 1.807) is 18.2 Å². The summed E-state index contributed by atoms with van der Waals surface area (Å²) in [7, 11) is 2.01. The first-order chi connectivity index (χ1) is 12.4. The third-order valence-corrected chi connectivity index (χ3v) is 4.83. The Bertz CT molecular complexity index is 890. The van der Waals surface area contributed by atoms with Crippen molar-refractivity contribution in [3.8, 4) is 0 Å². The lowest BCUT2D eigenvalue weighted by molar-refractivity contribution is -0.117. The molecule has 2 aromatic carbocycles. The molecule has 26 heavy (non-hydrogen) atoms. The molecule has 0 saturated carbocycles.